The van der Waals surface area contributed by atoms with Gasteiger partial charge in [-0.3, -0.25) is 9.11 Å². The Kier molecular flexibility index (Phi) is 23.7. The first kappa shape index (κ1) is 22.8. The SMILES string of the molecule is O=S(=O)(O)O.[H-].[Li+].[SiH4].[Zn]. The van der Waals surface area contributed by atoms with Crippen molar-refractivity contribution in [2.75, 3.05) is 0 Å². The molecule has 0 spiro atoms. The predicted octanol–water partition coefficient (Wildman–Crippen LogP) is -4.99. The van der Waals surface area contributed by atoms with Gasteiger partial charge in [0.25, 0.3) is 0 Å². The average Bonchev–Trinajstić information content (AvgIpc) is 0.722. The van der Waals surface area contributed by atoms with Crippen LogP contribution in [-0.4, -0.2) is 28.5 Å². The Hall–Kier alpha value is 1.31. The summed E-state index contributed by atoms with van der Waals surface area (Å²) in [6.45, 7) is 0. The van der Waals surface area contributed by atoms with Crippen LogP contribution < -0.4 is 18.9 Å². The monoisotopic (exact) mass is 202 g/mol. The van der Waals surface area contributed by atoms with Crippen LogP contribution in [0.15, 0.2) is 0 Å². The van der Waals surface area contributed by atoms with Gasteiger partial charge < -0.3 is 1.43 Å². The van der Waals surface area contributed by atoms with E-state index in [1.807, 2.05) is 0 Å². The third kappa shape index (κ3) is 170. The first-order chi connectivity index (χ1) is 2.00. The van der Waals surface area contributed by atoms with Crippen molar-refractivity contribution in [1.82, 2.24) is 0 Å². The Bertz CT molecular complexity index is 104. The van der Waals surface area contributed by atoms with Gasteiger partial charge in [-0.25, -0.2) is 0 Å². The van der Waals surface area contributed by atoms with Gasteiger partial charge >= 0.3 is 29.3 Å². The fourth-order valence-corrected chi connectivity index (χ4v) is 0. The molecule has 0 amide bonds. The zero-order valence-electron chi connectivity index (χ0n) is 4.83. The first-order valence-electron chi connectivity index (χ1n) is 0.698. The van der Waals surface area contributed by atoms with E-state index in [0.717, 1.165) is 0 Å². The standard InChI is InChI=1S/Li.H2O4S.H4Si.Zn.H/c;1-5(2,3)4;;;/h;(H2,1,2,3,4);1H4;;/q+1;;;;-1. The Balaban J connectivity index is -0.0000000133. The summed E-state index contributed by atoms with van der Waals surface area (Å²) in [6, 6.07) is 0. The van der Waals surface area contributed by atoms with Crippen molar-refractivity contribution in [2.24, 2.45) is 0 Å². The van der Waals surface area contributed by atoms with E-state index in [4.69, 9.17) is 17.5 Å². The smallest absolute Gasteiger partial charge is 1.00 e. The Morgan fingerprint density at radius 2 is 1.25 bits per heavy atom. The number of hydrogen-bond acceptors (Lipinski definition) is 2. The molecule has 44 valence electrons. The van der Waals surface area contributed by atoms with E-state index in [-0.39, 0.29) is 50.7 Å². The molecule has 0 saturated carbocycles. The van der Waals surface area contributed by atoms with Gasteiger partial charge in [-0.15, -0.1) is 0 Å². The molecule has 0 aliphatic carbocycles. The summed E-state index contributed by atoms with van der Waals surface area (Å²) in [7, 11) is -4.67. The molecule has 0 atom stereocenters. The molecule has 0 rings (SSSR count). The molecule has 0 fully saturated rings. The van der Waals surface area contributed by atoms with Crippen LogP contribution in [0.1, 0.15) is 1.43 Å². The van der Waals surface area contributed by atoms with E-state index in [2.05, 4.69) is 0 Å². The van der Waals surface area contributed by atoms with Crippen LogP contribution >= 0.6 is 0 Å². The first-order valence-corrected chi connectivity index (χ1v) is 2.10. The minimum Gasteiger partial charge on any atom is -1.00 e. The summed E-state index contributed by atoms with van der Waals surface area (Å²) in [4.78, 5) is 0. The maximum atomic E-state index is 8.74. The Morgan fingerprint density at radius 1 is 1.25 bits per heavy atom. The molecule has 0 aliphatic heterocycles. The summed E-state index contributed by atoms with van der Waals surface area (Å²) in [6.07, 6.45) is 0. The molecule has 0 radical (unpaired) electrons. The van der Waals surface area contributed by atoms with E-state index in [1.54, 1.807) is 0 Å². The number of hydrogen-bond donors (Lipinski definition) is 2. The topological polar surface area (TPSA) is 74.6 Å². The van der Waals surface area contributed by atoms with Gasteiger partial charge in [-0.05, 0) is 11.0 Å². The molecule has 0 saturated heterocycles. The minimum absolute atomic E-state index is 0. The maximum Gasteiger partial charge on any atom is 1.00 e. The zero-order chi connectivity index (χ0) is 4.50. The van der Waals surface area contributed by atoms with Gasteiger partial charge in [0.1, 0.15) is 0 Å². The summed E-state index contributed by atoms with van der Waals surface area (Å²) < 4.78 is 31.6. The molecule has 0 aliphatic rings. The van der Waals surface area contributed by atoms with Crippen molar-refractivity contribution in [1.29, 1.82) is 0 Å². The zero-order valence-corrected chi connectivity index (χ0v) is 7.61. The summed E-state index contributed by atoms with van der Waals surface area (Å²) in [5.41, 5.74) is 0. The fourth-order valence-electron chi connectivity index (χ4n) is 0. The van der Waals surface area contributed by atoms with E-state index >= 15 is 0 Å². The van der Waals surface area contributed by atoms with Crippen LogP contribution in [0.5, 0.6) is 0 Å². The van der Waals surface area contributed by atoms with Crippen molar-refractivity contribution in [3.05, 3.63) is 0 Å². The molecular weight excluding hydrogens is 196 g/mol. The van der Waals surface area contributed by atoms with Crippen LogP contribution in [0.2, 0.25) is 0 Å². The van der Waals surface area contributed by atoms with Gasteiger partial charge in [-0.1, -0.05) is 0 Å². The molecular formula is H7LiO4SSiZn. The third-order valence-corrected chi connectivity index (χ3v) is 0. The van der Waals surface area contributed by atoms with Gasteiger partial charge in [0.05, 0.1) is 0 Å². The Labute approximate surface area is 78.4 Å². The van der Waals surface area contributed by atoms with Crippen molar-refractivity contribution >= 4 is 21.4 Å². The summed E-state index contributed by atoms with van der Waals surface area (Å²) >= 11 is 0. The molecule has 8 heteroatoms. The summed E-state index contributed by atoms with van der Waals surface area (Å²) in [5.74, 6) is 0. The van der Waals surface area contributed by atoms with Crippen LogP contribution in [0.25, 0.3) is 0 Å². The van der Waals surface area contributed by atoms with E-state index in [9.17, 15) is 0 Å². The van der Waals surface area contributed by atoms with Crippen molar-refractivity contribution in [3.63, 3.8) is 0 Å². The van der Waals surface area contributed by atoms with Crippen molar-refractivity contribution < 1.29 is 57.3 Å². The molecule has 4 nitrogen and oxygen atoms in total. The maximum absolute atomic E-state index is 8.74. The van der Waals surface area contributed by atoms with Crippen LogP contribution in [0.3, 0.4) is 0 Å². The predicted molar refractivity (Wildman–Crippen MR) is 26.6 cm³/mol. The van der Waals surface area contributed by atoms with Gasteiger partial charge in [0.2, 0.25) is 0 Å². The fraction of sp³-hybridized carbons (Fsp3) is 0. The third-order valence-electron chi connectivity index (χ3n) is 0. The van der Waals surface area contributed by atoms with E-state index in [1.165, 1.54) is 0 Å². The molecule has 2 N–H and O–H groups in total. The molecule has 0 unspecified atom stereocenters. The average molecular weight is 204 g/mol. The van der Waals surface area contributed by atoms with Crippen LogP contribution in [0.4, 0.5) is 0 Å². The summed E-state index contributed by atoms with van der Waals surface area (Å²) in [5, 5.41) is 0. The molecule has 8 heavy (non-hydrogen) atoms. The van der Waals surface area contributed by atoms with Gasteiger partial charge in [-0.2, -0.15) is 8.42 Å². The van der Waals surface area contributed by atoms with E-state index in [0.29, 0.717) is 0 Å². The molecule has 0 aromatic rings. The van der Waals surface area contributed by atoms with Gasteiger partial charge in [0.15, 0.2) is 0 Å². The second-order valence-electron chi connectivity index (χ2n) is 0.448. The van der Waals surface area contributed by atoms with Crippen molar-refractivity contribution in [2.45, 2.75) is 0 Å². The normalized spacial score (nSPS) is 7.25. The second kappa shape index (κ2) is 8.31. The minimum atomic E-state index is -4.67. The van der Waals surface area contributed by atoms with Crippen LogP contribution in [0, 0.1) is 0 Å². The quantitative estimate of drug-likeness (QED) is 0.306. The van der Waals surface area contributed by atoms with Gasteiger partial charge in [0, 0.05) is 19.5 Å². The number of rotatable bonds is 0. The molecule has 0 heterocycles. The molecule has 0 bridgehead atoms. The van der Waals surface area contributed by atoms with E-state index < -0.39 is 10.4 Å². The molecule has 0 aromatic carbocycles. The second-order valence-corrected chi connectivity index (χ2v) is 1.34. The molecule has 0 aromatic heterocycles. The Morgan fingerprint density at radius 3 is 1.25 bits per heavy atom. The van der Waals surface area contributed by atoms with Crippen LogP contribution in [-0.2, 0) is 29.9 Å². The largest absolute Gasteiger partial charge is 1.00 e. The van der Waals surface area contributed by atoms with Crippen molar-refractivity contribution in [3.8, 4) is 0 Å².